The lowest BCUT2D eigenvalue weighted by Crippen LogP contribution is -2.37. The molecule has 0 amide bonds. The summed E-state index contributed by atoms with van der Waals surface area (Å²) in [6.45, 7) is 4.55. The highest BCUT2D eigenvalue weighted by Crippen LogP contribution is 2.27. The third kappa shape index (κ3) is 33.8. The lowest BCUT2D eigenvalue weighted by atomic mass is 9.87. The molecule has 0 heterocycles. The van der Waals surface area contributed by atoms with Crippen LogP contribution >= 0.6 is 0 Å². The standard InChI is InChI=1S/C37H74O3.H3N/c1-3-5-7-9-11-13-15-17-19-21-23-25-27-29-31-33-37(40,35-36(38)39)34-32-30-28-26-24-22-20-18-16-14-12-10-8-6-4-2;/h40H,3-35H2,1-2H3,(H,38,39);1H3. The van der Waals surface area contributed by atoms with Crippen LogP contribution in [0.1, 0.15) is 226 Å². The zero-order chi connectivity index (χ0) is 29.4. The summed E-state index contributed by atoms with van der Waals surface area (Å²) in [6, 6.07) is 0. The molecule has 0 aromatic carbocycles. The zero-order valence-electron chi connectivity index (χ0n) is 28.6. The van der Waals surface area contributed by atoms with Crippen molar-refractivity contribution in [1.82, 2.24) is 6.15 Å². The maximum atomic E-state index is 11.3. The molecule has 0 unspecified atom stereocenters. The summed E-state index contributed by atoms with van der Waals surface area (Å²) >= 11 is 0. The minimum atomic E-state index is -1.11. The molecule has 0 bridgehead atoms. The Bertz CT molecular complexity index is 476. The van der Waals surface area contributed by atoms with Crippen molar-refractivity contribution in [2.24, 2.45) is 0 Å². The van der Waals surface area contributed by atoms with Gasteiger partial charge in [0.05, 0.1) is 5.60 Å². The summed E-state index contributed by atoms with van der Waals surface area (Å²) in [4.78, 5) is 11.3. The second-order valence-electron chi connectivity index (χ2n) is 13.2. The van der Waals surface area contributed by atoms with Crippen LogP contribution in [-0.4, -0.2) is 16.7 Å². The van der Waals surface area contributed by atoms with Crippen LogP contribution in [0.3, 0.4) is 0 Å². The van der Waals surface area contributed by atoms with Crippen molar-refractivity contribution in [1.29, 1.82) is 0 Å². The predicted octanol–water partition coefficient (Wildman–Crippen LogP) is 11.8. The molecule has 0 aromatic rings. The van der Waals surface area contributed by atoms with Crippen molar-refractivity contribution in [2.75, 3.05) is 0 Å². The minimum absolute atomic E-state index is 0. The molecule has 0 saturated heterocycles. The third-order valence-electron chi connectivity index (χ3n) is 8.96. The van der Waals surface area contributed by atoms with E-state index in [4.69, 9.17) is 0 Å². The molecule has 0 atom stereocenters. The largest absolute Gasteiger partial charge is 0.550 e. The van der Waals surface area contributed by atoms with Crippen LogP contribution in [0.25, 0.3) is 0 Å². The van der Waals surface area contributed by atoms with Crippen molar-refractivity contribution in [3.8, 4) is 0 Å². The van der Waals surface area contributed by atoms with Gasteiger partial charge in [-0.1, -0.05) is 206 Å². The van der Waals surface area contributed by atoms with Crippen molar-refractivity contribution in [2.45, 2.75) is 231 Å². The van der Waals surface area contributed by atoms with Crippen LogP contribution in [0.5, 0.6) is 0 Å². The van der Waals surface area contributed by atoms with Gasteiger partial charge in [0.25, 0.3) is 0 Å². The Morgan fingerprint density at radius 3 is 0.829 bits per heavy atom. The number of rotatable bonds is 34. The molecule has 0 saturated carbocycles. The number of hydrogen-bond donors (Lipinski definition) is 2. The van der Waals surface area contributed by atoms with Gasteiger partial charge in [-0.2, -0.15) is 0 Å². The van der Waals surface area contributed by atoms with Gasteiger partial charge in [0.15, 0.2) is 0 Å². The summed E-state index contributed by atoms with van der Waals surface area (Å²) in [6.07, 6.45) is 40.5. The number of unbranched alkanes of at least 4 members (excludes halogenated alkanes) is 28. The summed E-state index contributed by atoms with van der Waals surface area (Å²) in [5.74, 6) is -1.11. The van der Waals surface area contributed by atoms with E-state index >= 15 is 0 Å². The second kappa shape index (κ2) is 33.9. The molecule has 0 rings (SSSR count). The molecule has 4 nitrogen and oxygen atoms in total. The fraction of sp³-hybridized carbons (Fsp3) is 0.973. The highest BCUT2D eigenvalue weighted by molar-refractivity contribution is 5.65. The van der Waals surface area contributed by atoms with Crippen molar-refractivity contribution in [3.05, 3.63) is 0 Å². The predicted molar refractivity (Wildman–Crippen MR) is 180 cm³/mol. The topological polar surface area (TPSA) is 96.9 Å². The summed E-state index contributed by atoms with van der Waals surface area (Å²) in [5, 5.41) is 22.2. The Kier molecular flexibility index (Phi) is 35.1. The molecule has 0 fully saturated rings. The highest BCUT2D eigenvalue weighted by atomic mass is 16.4. The maximum Gasteiger partial charge on any atom is 0.0699 e. The monoisotopic (exact) mass is 584 g/mol. The first-order valence-corrected chi connectivity index (χ1v) is 18.5. The Morgan fingerprint density at radius 2 is 0.634 bits per heavy atom. The molecule has 248 valence electrons. The van der Waals surface area contributed by atoms with E-state index in [0.29, 0.717) is 12.8 Å². The molecule has 0 aliphatic rings. The zero-order valence-corrected chi connectivity index (χ0v) is 28.6. The van der Waals surface area contributed by atoms with Crippen LogP contribution in [0, 0.1) is 0 Å². The van der Waals surface area contributed by atoms with Gasteiger partial charge in [-0.05, 0) is 12.8 Å². The van der Waals surface area contributed by atoms with Crippen LogP contribution in [0.15, 0.2) is 0 Å². The fourth-order valence-corrected chi connectivity index (χ4v) is 6.22. The minimum Gasteiger partial charge on any atom is -0.550 e. The fourth-order valence-electron chi connectivity index (χ4n) is 6.22. The van der Waals surface area contributed by atoms with Crippen LogP contribution in [0.4, 0.5) is 0 Å². The quantitative estimate of drug-likeness (QED) is 0.0737. The number of aliphatic carboxylic acids is 1. The average Bonchev–Trinajstić information content (AvgIpc) is 2.92. The summed E-state index contributed by atoms with van der Waals surface area (Å²) in [7, 11) is 0. The Morgan fingerprint density at radius 1 is 0.439 bits per heavy atom. The van der Waals surface area contributed by atoms with E-state index < -0.39 is 11.6 Å². The molecule has 5 N–H and O–H groups in total. The van der Waals surface area contributed by atoms with Crippen molar-refractivity contribution >= 4 is 5.97 Å². The number of carbonyl (C=O) groups excluding carboxylic acids is 1. The molecule has 0 aliphatic heterocycles. The summed E-state index contributed by atoms with van der Waals surface area (Å²) < 4.78 is 0. The molecule has 4 heteroatoms. The number of carboxylic acid groups (broad SMARTS) is 1. The summed E-state index contributed by atoms with van der Waals surface area (Å²) in [5.41, 5.74) is -1.06. The van der Waals surface area contributed by atoms with Gasteiger partial charge in [0.2, 0.25) is 0 Å². The number of carbonyl (C=O) groups is 1. The van der Waals surface area contributed by atoms with Gasteiger partial charge >= 0.3 is 0 Å². The van der Waals surface area contributed by atoms with Gasteiger partial charge in [0, 0.05) is 12.4 Å². The van der Waals surface area contributed by atoms with Crippen molar-refractivity contribution in [3.63, 3.8) is 0 Å². The highest BCUT2D eigenvalue weighted by Gasteiger charge is 2.26. The molecule has 0 aliphatic carbocycles. The van der Waals surface area contributed by atoms with E-state index in [0.717, 1.165) is 25.7 Å². The van der Waals surface area contributed by atoms with Gasteiger partial charge < -0.3 is 21.2 Å². The van der Waals surface area contributed by atoms with Gasteiger partial charge in [-0.15, -0.1) is 0 Å². The molecule has 0 aromatic heterocycles. The Hall–Kier alpha value is -0.610. The normalized spacial score (nSPS) is 11.6. The second-order valence-corrected chi connectivity index (χ2v) is 13.2. The van der Waals surface area contributed by atoms with Crippen LogP contribution < -0.4 is 11.3 Å². The van der Waals surface area contributed by atoms with Gasteiger partial charge in [-0.3, -0.25) is 0 Å². The molecular formula is C37H77NO3. The first kappa shape index (κ1) is 42.5. The van der Waals surface area contributed by atoms with Gasteiger partial charge in [0.1, 0.15) is 0 Å². The van der Waals surface area contributed by atoms with E-state index in [1.807, 2.05) is 0 Å². The first-order chi connectivity index (χ1) is 19.5. The Balaban J connectivity index is 0. The SMILES string of the molecule is CCCCCCCCCCCCCCCCCC(O)(CCCCCCCCCCCCCCCCC)CC(=O)[O-].[NH4+]. The molecule has 0 spiro atoms. The van der Waals surface area contributed by atoms with E-state index in [-0.39, 0.29) is 12.6 Å². The van der Waals surface area contributed by atoms with E-state index in [2.05, 4.69) is 13.8 Å². The van der Waals surface area contributed by atoms with E-state index in [1.165, 1.54) is 167 Å². The van der Waals surface area contributed by atoms with Crippen molar-refractivity contribution < 1.29 is 15.0 Å². The third-order valence-corrected chi connectivity index (χ3v) is 8.96. The molecular weight excluding hydrogens is 506 g/mol. The molecule has 0 radical (unpaired) electrons. The lowest BCUT2D eigenvalue weighted by Gasteiger charge is -2.29. The van der Waals surface area contributed by atoms with Crippen LogP contribution in [-0.2, 0) is 4.79 Å². The maximum absolute atomic E-state index is 11.3. The first-order valence-electron chi connectivity index (χ1n) is 18.5. The number of carboxylic acids is 1. The smallest absolute Gasteiger partial charge is 0.0699 e. The van der Waals surface area contributed by atoms with E-state index in [9.17, 15) is 15.0 Å². The van der Waals surface area contributed by atoms with Crippen LogP contribution in [0.2, 0.25) is 0 Å². The number of aliphatic hydroxyl groups is 1. The Labute approximate surface area is 258 Å². The van der Waals surface area contributed by atoms with Gasteiger partial charge in [-0.25, -0.2) is 0 Å². The number of hydrogen-bond acceptors (Lipinski definition) is 3. The van der Waals surface area contributed by atoms with E-state index in [1.54, 1.807) is 0 Å². The average molecular weight is 584 g/mol. The number of quaternary nitrogens is 1. The lowest BCUT2D eigenvalue weighted by molar-refractivity contribution is -0.309. The molecule has 41 heavy (non-hydrogen) atoms.